The van der Waals surface area contributed by atoms with E-state index in [0.717, 1.165) is 18.4 Å². The van der Waals surface area contributed by atoms with Gasteiger partial charge in [-0.1, -0.05) is 19.1 Å². The van der Waals surface area contributed by atoms with E-state index in [1.165, 1.54) is 4.31 Å². The minimum atomic E-state index is -3.44. The maximum atomic E-state index is 12.5. The topological polar surface area (TPSA) is 74.7 Å². The van der Waals surface area contributed by atoms with Crippen LogP contribution in [-0.2, 0) is 21.2 Å². The van der Waals surface area contributed by atoms with Gasteiger partial charge in [0.05, 0.1) is 4.90 Å². The fraction of sp³-hybridized carbons (Fsp3) is 0.533. The highest BCUT2D eigenvalue weighted by molar-refractivity contribution is 7.89. The van der Waals surface area contributed by atoms with E-state index in [1.54, 1.807) is 24.3 Å². The van der Waals surface area contributed by atoms with Gasteiger partial charge in [-0.25, -0.2) is 8.42 Å². The van der Waals surface area contributed by atoms with Crippen molar-refractivity contribution in [3.63, 3.8) is 0 Å². The van der Waals surface area contributed by atoms with Crippen molar-refractivity contribution in [3.8, 4) is 0 Å². The molecule has 0 spiro atoms. The first-order valence-electron chi connectivity index (χ1n) is 7.24. The van der Waals surface area contributed by atoms with Gasteiger partial charge in [0.25, 0.3) is 0 Å². The lowest BCUT2D eigenvalue weighted by atomic mass is 10.1. The van der Waals surface area contributed by atoms with E-state index in [9.17, 15) is 13.2 Å². The van der Waals surface area contributed by atoms with Crippen LogP contribution in [0.3, 0.4) is 0 Å². The molecule has 0 bridgehead atoms. The fourth-order valence-electron chi connectivity index (χ4n) is 2.21. The molecular weight excluding hydrogens is 290 g/mol. The number of benzene rings is 1. The Bertz CT molecular complexity index is 591. The van der Waals surface area contributed by atoms with Crippen molar-refractivity contribution in [3.05, 3.63) is 29.8 Å². The molecule has 21 heavy (non-hydrogen) atoms. The highest BCUT2D eigenvalue weighted by Gasteiger charge is 2.30. The molecule has 1 aliphatic rings. The zero-order chi connectivity index (χ0) is 15.5. The zero-order valence-electron chi connectivity index (χ0n) is 12.2. The summed E-state index contributed by atoms with van der Waals surface area (Å²) < 4.78 is 26.6. The number of carboxylic acid groups (broad SMARTS) is 1. The molecule has 0 heterocycles. The number of sulfonamides is 1. The predicted octanol–water partition coefficient (Wildman–Crippen LogP) is 2.12. The standard InChI is InChI=1S/C15H21NO4S/c1-2-16(11-13-3-4-13)21(19,20)14-8-5-12(6-9-14)7-10-15(17)18/h5-6,8-9,13H,2-4,7,10-11H2,1H3,(H,17,18). The largest absolute Gasteiger partial charge is 0.481 e. The third-order valence-corrected chi connectivity index (χ3v) is 5.66. The van der Waals surface area contributed by atoms with Crippen molar-refractivity contribution in [2.75, 3.05) is 13.1 Å². The summed E-state index contributed by atoms with van der Waals surface area (Å²) in [5, 5.41) is 8.65. The van der Waals surface area contributed by atoms with Crippen molar-refractivity contribution in [2.45, 2.75) is 37.5 Å². The average Bonchev–Trinajstić information content (AvgIpc) is 3.26. The van der Waals surface area contributed by atoms with Gasteiger partial charge in [0.15, 0.2) is 0 Å². The van der Waals surface area contributed by atoms with Crippen LogP contribution in [0.25, 0.3) is 0 Å². The number of nitrogens with zero attached hydrogens (tertiary/aromatic N) is 1. The average molecular weight is 311 g/mol. The molecule has 1 aromatic rings. The van der Waals surface area contributed by atoms with Gasteiger partial charge < -0.3 is 5.11 Å². The van der Waals surface area contributed by atoms with E-state index in [-0.39, 0.29) is 11.3 Å². The highest BCUT2D eigenvalue weighted by Crippen LogP contribution is 2.31. The molecule has 1 aliphatic carbocycles. The Morgan fingerprint density at radius 3 is 2.38 bits per heavy atom. The molecule has 0 atom stereocenters. The second-order valence-electron chi connectivity index (χ2n) is 5.44. The summed E-state index contributed by atoms with van der Waals surface area (Å²) in [6, 6.07) is 6.53. The van der Waals surface area contributed by atoms with Crippen LogP contribution < -0.4 is 0 Å². The van der Waals surface area contributed by atoms with E-state index in [4.69, 9.17) is 5.11 Å². The summed E-state index contributed by atoms with van der Waals surface area (Å²) in [6.45, 7) is 2.92. The zero-order valence-corrected chi connectivity index (χ0v) is 13.0. The first kappa shape index (κ1) is 16.0. The lowest BCUT2D eigenvalue weighted by Gasteiger charge is -2.20. The van der Waals surface area contributed by atoms with Crippen LogP contribution in [0.1, 0.15) is 31.7 Å². The summed E-state index contributed by atoms with van der Waals surface area (Å²) in [5.74, 6) is -0.345. The van der Waals surface area contributed by atoms with E-state index < -0.39 is 16.0 Å². The van der Waals surface area contributed by atoms with Crippen LogP contribution in [-0.4, -0.2) is 36.9 Å². The molecule has 1 fully saturated rings. The molecule has 116 valence electrons. The molecule has 0 amide bonds. The van der Waals surface area contributed by atoms with Gasteiger partial charge in [0.1, 0.15) is 0 Å². The Morgan fingerprint density at radius 2 is 1.90 bits per heavy atom. The van der Waals surface area contributed by atoms with Gasteiger partial charge in [0.2, 0.25) is 10.0 Å². The molecule has 0 radical (unpaired) electrons. The van der Waals surface area contributed by atoms with Crippen LogP contribution >= 0.6 is 0 Å². The molecule has 0 unspecified atom stereocenters. The van der Waals surface area contributed by atoms with Crippen molar-refractivity contribution >= 4 is 16.0 Å². The first-order valence-corrected chi connectivity index (χ1v) is 8.68. The van der Waals surface area contributed by atoms with Crippen LogP contribution in [0.15, 0.2) is 29.2 Å². The highest BCUT2D eigenvalue weighted by atomic mass is 32.2. The number of hydrogen-bond acceptors (Lipinski definition) is 3. The minimum Gasteiger partial charge on any atom is -0.481 e. The number of carbonyl (C=O) groups is 1. The quantitative estimate of drug-likeness (QED) is 0.798. The second-order valence-corrected chi connectivity index (χ2v) is 7.37. The Balaban J connectivity index is 2.09. The van der Waals surface area contributed by atoms with Gasteiger partial charge in [0, 0.05) is 19.5 Å². The number of hydrogen-bond donors (Lipinski definition) is 1. The Kier molecular flexibility index (Phi) is 5.00. The first-order chi connectivity index (χ1) is 9.93. The van der Waals surface area contributed by atoms with E-state index in [0.29, 0.717) is 25.4 Å². The van der Waals surface area contributed by atoms with Crippen LogP contribution in [0.4, 0.5) is 0 Å². The second kappa shape index (κ2) is 6.58. The van der Waals surface area contributed by atoms with Crippen LogP contribution in [0, 0.1) is 5.92 Å². The molecule has 2 rings (SSSR count). The summed E-state index contributed by atoms with van der Waals surface area (Å²) >= 11 is 0. The van der Waals surface area contributed by atoms with Crippen molar-refractivity contribution in [1.82, 2.24) is 4.31 Å². The van der Waals surface area contributed by atoms with Gasteiger partial charge >= 0.3 is 5.97 Å². The van der Waals surface area contributed by atoms with Crippen molar-refractivity contribution in [1.29, 1.82) is 0 Å². The molecule has 0 saturated heterocycles. The van der Waals surface area contributed by atoms with Crippen LogP contribution in [0.2, 0.25) is 0 Å². The molecule has 5 nitrogen and oxygen atoms in total. The summed E-state index contributed by atoms with van der Waals surface area (Å²) in [6.07, 6.45) is 2.68. The fourth-order valence-corrected chi connectivity index (χ4v) is 3.74. The normalized spacial score (nSPS) is 15.3. The number of carboxylic acids is 1. The molecule has 6 heteroatoms. The van der Waals surface area contributed by atoms with Gasteiger partial charge in [-0.2, -0.15) is 4.31 Å². The number of aryl methyl sites for hydroxylation is 1. The number of aliphatic carboxylic acids is 1. The third kappa shape index (κ3) is 4.28. The molecule has 0 aliphatic heterocycles. The van der Waals surface area contributed by atoms with E-state index in [2.05, 4.69) is 0 Å². The molecule has 1 N–H and O–H groups in total. The minimum absolute atomic E-state index is 0.0505. The van der Waals surface area contributed by atoms with Crippen molar-refractivity contribution in [2.24, 2.45) is 5.92 Å². The molecule has 1 aromatic carbocycles. The third-order valence-electron chi connectivity index (χ3n) is 3.70. The molecule has 1 saturated carbocycles. The molecular formula is C15H21NO4S. The Morgan fingerprint density at radius 1 is 1.29 bits per heavy atom. The maximum Gasteiger partial charge on any atom is 0.303 e. The van der Waals surface area contributed by atoms with Gasteiger partial charge in [-0.15, -0.1) is 0 Å². The summed E-state index contributed by atoms with van der Waals surface area (Å²) in [4.78, 5) is 10.8. The lowest BCUT2D eigenvalue weighted by Crippen LogP contribution is -2.32. The smallest absolute Gasteiger partial charge is 0.303 e. The Hall–Kier alpha value is -1.40. The van der Waals surface area contributed by atoms with Crippen molar-refractivity contribution < 1.29 is 18.3 Å². The van der Waals surface area contributed by atoms with Gasteiger partial charge in [-0.3, -0.25) is 4.79 Å². The van der Waals surface area contributed by atoms with Gasteiger partial charge in [-0.05, 0) is 42.9 Å². The molecule has 0 aromatic heterocycles. The van der Waals surface area contributed by atoms with E-state index >= 15 is 0 Å². The lowest BCUT2D eigenvalue weighted by molar-refractivity contribution is -0.136. The summed E-state index contributed by atoms with van der Waals surface area (Å²) in [5.41, 5.74) is 0.835. The van der Waals surface area contributed by atoms with Crippen LogP contribution in [0.5, 0.6) is 0 Å². The summed E-state index contributed by atoms with van der Waals surface area (Å²) in [7, 11) is -3.44. The SMILES string of the molecule is CCN(CC1CC1)S(=O)(=O)c1ccc(CCC(=O)O)cc1. The monoisotopic (exact) mass is 311 g/mol. The maximum absolute atomic E-state index is 12.5. The predicted molar refractivity (Wildman–Crippen MR) is 79.6 cm³/mol. The number of rotatable bonds is 8. The van der Waals surface area contributed by atoms with E-state index in [1.807, 2.05) is 6.92 Å². The Labute approximate surface area is 125 Å².